The predicted octanol–water partition coefficient (Wildman–Crippen LogP) is 3.72. The third-order valence-corrected chi connectivity index (χ3v) is 5.19. The van der Waals surface area contributed by atoms with Gasteiger partial charge in [0.25, 0.3) is 0 Å². The smallest absolute Gasteiger partial charge is 0.119 e. The lowest BCUT2D eigenvalue weighted by Crippen LogP contribution is -2.63. The summed E-state index contributed by atoms with van der Waals surface area (Å²) in [4.78, 5) is 0. The van der Waals surface area contributed by atoms with Gasteiger partial charge in [0.2, 0.25) is 0 Å². The second kappa shape index (κ2) is 8.78. The highest BCUT2D eigenvalue weighted by atomic mass is 16.6. The largest absolute Gasteiger partial charge is 0.384 e. The maximum atomic E-state index is 11.2. The molecule has 1 fully saturated rings. The first-order chi connectivity index (χ1) is 12.6. The van der Waals surface area contributed by atoms with E-state index in [0.29, 0.717) is 26.2 Å². The highest BCUT2D eigenvalue weighted by Crippen LogP contribution is 2.33. The van der Waals surface area contributed by atoms with Crippen LogP contribution in [0.2, 0.25) is 0 Å². The Morgan fingerprint density at radius 1 is 0.962 bits per heavy atom. The summed E-state index contributed by atoms with van der Waals surface area (Å²) in [6.07, 6.45) is -0.524. The van der Waals surface area contributed by atoms with Crippen molar-refractivity contribution in [1.82, 2.24) is 0 Å². The fraction of sp³-hybridized carbons (Fsp3) is 0.455. The number of benzene rings is 2. The first-order valence-corrected chi connectivity index (χ1v) is 9.28. The van der Waals surface area contributed by atoms with E-state index in [2.05, 4.69) is 0 Å². The monoisotopic (exact) mass is 356 g/mol. The summed E-state index contributed by atoms with van der Waals surface area (Å²) in [6, 6.07) is 20.0. The van der Waals surface area contributed by atoms with Gasteiger partial charge in [0.05, 0.1) is 25.9 Å². The zero-order chi connectivity index (χ0) is 18.4. The van der Waals surface area contributed by atoms with E-state index in [4.69, 9.17) is 14.2 Å². The number of aliphatic hydroxyl groups is 1. The van der Waals surface area contributed by atoms with Gasteiger partial charge in [-0.1, -0.05) is 67.6 Å². The standard InChI is InChI=1S/C22H28O4/c1-3-22(23)17(2)24-16-20(25-14-18-10-6-4-7-11-18)21(22)26-15-19-12-8-5-9-13-19/h4-13,17,20-21,23H,3,14-16H2,1-2H3. The number of hydrogen-bond acceptors (Lipinski definition) is 4. The van der Waals surface area contributed by atoms with Crippen molar-refractivity contribution < 1.29 is 19.3 Å². The fourth-order valence-electron chi connectivity index (χ4n) is 3.44. The van der Waals surface area contributed by atoms with Gasteiger partial charge in [0.15, 0.2) is 0 Å². The van der Waals surface area contributed by atoms with Gasteiger partial charge in [-0.15, -0.1) is 0 Å². The Bertz CT molecular complexity index is 660. The summed E-state index contributed by atoms with van der Waals surface area (Å²) in [7, 11) is 0. The molecule has 0 spiro atoms. The van der Waals surface area contributed by atoms with Crippen molar-refractivity contribution in [2.75, 3.05) is 6.61 Å². The van der Waals surface area contributed by atoms with Crippen LogP contribution in [0.25, 0.3) is 0 Å². The van der Waals surface area contributed by atoms with Crippen LogP contribution in [0.3, 0.4) is 0 Å². The second-order valence-corrected chi connectivity index (χ2v) is 6.87. The van der Waals surface area contributed by atoms with Crippen LogP contribution in [0.4, 0.5) is 0 Å². The molecule has 140 valence electrons. The molecule has 2 aromatic rings. The summed E-state index contributed by atoms with van der Waals surface area (Å²) in [6.45, 7) is 5.17. The van der Waals surface area contributed by atoms with Crippen LogP contribution in [-0.4, -0.2) is 35.6 Å². The van der Waals surface area contributed by atoms with E-state index in [9.17, 15) is 5.11 Å². The molecule has 0 saturated carbocycles. The molecule has 0 amide bonds. The molecule has 0 bridgehead atoms. The Labute approximate surface area is 155 Å². The van der Waals surface area contributed by atoms with Crippen LogP contribution in [0.5, 0.6) is 0 Å². The molecule has 2 aromatic carbocycles. The molecule has 3 rings (SSSR count). The molecular weight excluding hydrogens is 328 g/mol. The number of rotatable bonds is 7. The van der Waals surface area contributed by atoms with E-state index >= 15 is 0 Å². The Morgan fingerprint density at radius 3 is 2.04 bits per heavy atom. The van der Waals surface area contributed by atoms with Crippen LogP contribution in [0, 0.1) is 0 Å². The minimum absolute atomic E-state index is 0.301. The van der Waals surface area contributed by atoms with Crippen molar-refractivity contribution in [2.45, 2.75) is 57.4 Å². The first kappa shape index (κ1) is 19.1. The minimum Gasteiger partial charge on any atom is -0.384 e. The van der Waals surface area contributed by atoms with Crippen molar-refractivity contribution in [3.8, 4) is 0 Å². The predicted molar refractivity (Wildman–Crippen MR) is 101 cm³/mol. The molecule has 4 unspecified atom stereocenters. The van der Waals surface area contributed by atoms with E-state index in [1.807, 2.05) is 74.5 Å². The highest BCUT2D eigenvalue weighted by molar-refractivity contribution is 5.15. The zero-order valence-corrected chi connectivity index (χ0v) is 15.5. The average molecular weight is 356 g/mol. The Kier molecular flexibility index (Phi) is 6.43. The fourth-order valence-corrected chi connectivity index (χ4v) is 3.44. The van der Waals surface area contributed by atoms with Crippen molar-refractivity contribution >= 4 is 0 Å². The summed E-state index contributed by atoms with van der Waals surface area (Å²) >= 11 is 0. The lowest BCUT2D eigenvalue weighted by atomic mass is 9.83. The maximum Gasteiger partial charge on any atom is 0.119 e. The molecule has 1 aliphatic rings. The maximum absolute atomic E-state index is 11.2. The van der Waals surface area contributed by atoms with Gasteiger partial charge in [-0.2, -0.15) is 0 Å². The van der Waals surface area contributed by atoms with E-state index in [1.54, 1.807) is 0 Å². The van der Waals surface area contributed by atoms with Gasteiger partial charge in [-0.25, -0.2) is 0 Å². The highest BCUT2D eigenvalue weighted by Gasteiger charge is 2.50. The van der Waals surface area contributed by atoms with Crippen LogP contribution in [0.1, 0.15) is 31.4 Å². The number of ether oxygens (including phenoxy) is 3. The lowest BCUT2D eigenvalue weighted by Gasteiger charge is -2.47. The topological polar surface area (TPSA) is 47.9 Å². The van der Waals surface area contributed by atoms with E-state index < -0.39 is 11.7 Å². The summed E-state index contributed by atoms with van der Waals surface area (Å²) in [5.41, 5.74) is 1.09. The average Bonchev–Trinajstić information content (AvgIpc) is 2.69. The molecule has 4 nitrogen and oxygen atoms in total. The van der Waals surface area contributed by atoms with Gasteiger partial charge in [-0.05, 0) is 24.5 Å². The Balaban J connectivity index is 1.72. The molecular formula is C22H28O4. The summed E-state index contributed by atoms with van der Waals surface area (Å²) in [5, 5.41) is 11.2. The van der Waals surface area contributed by atoms with Gasteiger partial charge in [0.1, 0.15) is 17.8 Å². The lowest BCUT2D eigenvalue weighted by molar-refractivity contribution is -0.266. The molecule has 1 aliphatic heterocycles. The van der Waals surface area contributed by atoms with E-state index in [-0.39, 0.29) is 12.2 Å². The SMILES string of the molecule is CCC1(O)C(C)OCC(OCc2ccccc2)C1OCc1ccccc1. The van der Waals surface area contributed by atoms with Gasteiger partial charge < -0.3 is 19.3 Å². The summed E-state index contributed by atoms with van der Waals surface area (Å²) in [5.74, 6) is 0. The molecule has 0 radical (unpaired) electrons. The molecule has 0 aromatic heterocycles. The van der Waals surface area contributed by atoms with Crippen LogP contribution >= 0.6 is 0 Å². The normalized spacial score (nSPS) is 28.8. The summed E-state index contributed by atoms with van der Waals surface area (Å²) < 4.78 is 18.1. The van der Waals surface area contributed by atoms with Crippen molar-refractivity contribution in [3.63, 3.8) is 0 Å². The molecule has 26 heavy (non-hydrogen) atoms. The van der Waals surface area contributed by atoms with Crippen LogP contribution < -0.4 is 0 Å². The Morgan fingerprint density at radius 2 is 1.50 bits per heavy atom. The van der Waals surface area contributed by atoms with Gasteiger partial charge in [-0.3, -0.25) is 0 Å². The van der Waals surface area contributed by atoms with Crippen molar-refractivity contribution in [1.29, 1.82) is 0 Å². The first-order valence-electron chi connectivity index (χ1n) is 9.28. The third kappa shape index (κ3) is 4.33. The van der Waals surface area contributed by atoms with Crippen molar-refractivity contribution in [2.24, 2.45) is 0 Å². The molecule has 1 heterocycles. The number of hydrogen-bond donors (Lipinski definition) is 1. The van der Waals surface area contributed by atoms with Gasteiger partial charge in [0, 0.05) is 0 Å². The minimum atomic E-state index is -1.08. The quantitative estimate of drug-likeness (QED) is 0.821. The molecule has 1 saturated heterocycles. The van der Waals surface area contributed by atoms with E-state index in [0.717, 1.165) is 11.1 Å². The Hall–Kier alpha value is -1.72. The van der Waals surface area contributed by atoms with Crippen LogP contribution in [0.15, 0.2) is 60.7 Å². The molecule has 4 heteroatoms. The molecule has 0 aliphatic carbocycles. The van der Waals surface area contributed by atoms with E-state index in [1.165, 1.54) is 0 Å². The second-order valence-electron chi connectivity index (χ2n) is 6.87. The molecule has 1 N–H and O–H groups in total. The molecule has 4 atom stereocenters. The van der Waals surface area contributed by atoms with Crippen LogP contribution in [-0.2, 0) is 27.4 Å². The van der Waals surface area contributed by atoms with Crippen molar-refractivity contribution in [3.05, 3.63) is 71.8 Å². The van der Waals surface area contributed by atoms with Gasteiger partial charge >= 0.3 is 0 Å². The zero-order valence-electron chi connectivity index (χ0n) is 15.5. The third-order valence-electron chi connectivity index (χ3n) is 5.19.